The second-order valence-electron chi connectivity index (χ2n) is 10.8. The molecule has 2 N–H and O–H groups in total. The molecule has 5 nitrogen and oxygen atoms in total. The summed E-state index contributed by atoms with van der Waals surface area (Å²) in [5.74, 6) is -0.912. The van der Waals surface area contributed by atoms with Crippen molar-refractivity contribution in [2.24, 2.45) is 0 Å². The molecule has 2 unspecified atom stereocenters. The van der Waals surface area contributed by atoms with Gasteiger partial charge in [-0.3, -0.25) is 9.59 Å². The van der Waals surface area contributed by atoms with Gasteiger partial charge in [-0.1, -0.05) is 84.9 Å². The molecule has 0 radical (unpaired) electrons. The first-order valence-corrected chi connectivity index (χ1v) is 14.5. The molecular formula is C36H31F4NO4. The number of hydrogen-bond acceptors (Lipinski definition) is 4. The number of amides is 1. The Labute approximate surface area is 258 Å². The lowest BCUT2D eigenvalue weighted by Gasteiger charge is -2.26. The highest BCUT2D eigenvalue weighted by molar-refractivity contribution is 5.98. The van der Waals surface area contributed by atoms with Gasteiger partial charge in [0.25, 0.3) is 5.91 Å². The minimum Gasteiger partial charge on any atom is -0.428 e. The number of allylic oxidation sites excluding steroid dienone is 1. The molecular weight excluding hydrogens is 586 g/mol. The normalized spacial score (nSPS) is 14.3. The van der Waals surface area contributed by atoms with Crippen molar-refractivity contribution in [3.05, 3.63) is 130 Å². The number of ether oxygens (including phenoxy) is 1. The fourth-order valence-electron chi connectivity index (χ4n) is 5.47. The van der Waals surface area contributed by atoms with E-state index in [1.54, 1.807) is 54.6 Å². The average Bonchev–Trinajstić information content (AvgIpc) is 3.30. The maximum absolute atomic E-state index is 13.7. The summed E-state index contributed by atoms with van der Waals surface area (Å²) in [6.45, 7) is 0. The largest absolute Gasteiger partial charge is 0.461 e. The third kappa shape index (κ3) is 7.49. The van der Waals surface area contributed by atoms with Crippen LogP contribution in [-0.4, -0.2) is 35.9 Å². The summed E-state index contributed by atoms with van der Waals surface area (Å²) in [4.78, 5) is 25.2. The molecule has 0 bridgehead atoms. The molecule has 0 saturated heterocycles. The third-order valence-corrected chi connectivity index (χ3v) is 7.75. The van der Waals surface area contributed by atoms with Crippen LogP contribution >= 0.6 is 0 Å². The summed E-state index contributed by atoms with van der Waals surface area (Å²) in [7, 11) is 0. The number of aliphatic hydroxyl groups is 1. The second kappa shape index (κ2) is 13.9. The Morgan fingerprint density at radius 3 is 2.49 bits per heavy atom. The molecule has 9 heteroatoms. The van der Waals surface area contributed by atoms with Gasteiger partial charge in [-0.2, -0.15) is 17.6 Å². The number of benzene rings is 4. The van der Waals surface area contributed by atoms with Gasteiger partial charge in [0.2, 0.25) is 0 Å². The number of aldehydes is 1. The number of carbonyl (C=O) groups excluding carboxylic acids is 2. The number of nitrogens with one attached hydrogen (secondary N) is 1. The summed E-state index contributed by atoms with van der Waals surface area (Å²) in [6.07, 6.45) is -2.66. The smallest absolute Gasteiger partial charge is 0.428 e. The molecule has 0 saturated carbocycles. The van der Waals surface area contributed by atoms with E-state index >= 15 is 0 Å². The van der Waals surface area contributed by atoms with Crippen LogP contribution in [0.15, 0.2) is 97.1 Å². The lowest BCUT2D eigenvalue weighted by atomic mass is 9.92. The number of halogens is 4. The molecule has 1 amide bonds. The van der Waals surface area contributed by atoms with Crippen LogP contribution in [-0.2, 0) is 12.8 Å². The minimum absolute atomic E-state index is 0.0368. The van der Waals surface area contributed by atoms with Crippen LogP contribution in [0.4, 0.5) is 17.6 Å². The fraction of sp³-hybridized carbons (Fsp3) is 0.222. The molecule has 0 aromatic heterocycles. The number of hydrogen-bond donors (Lipinski definition) is 2. The van der Waals surface area contributed by atoms with E-state index in [0.717, 1.165) is 48.3 Å². The quantitative estimate of drug-likeness (QED) is 0.133. The van der Waals surface area contributed by atoms with E-state index in [1.807, 2.05) is 30.4 Å². The van der Waals surface area contributed by atoms with E-state index in [2.05, 4.69) is 10.1 Å². The summed E-state index contributed by atoms with van der Waals surface area (Å²) >= 11 is 0. The van der Waals surface area contributed by atoms with Crippen LogP contribution in [0.5, 0.6) is 5.75 Å². The molecule has 2 atom stereocenters. The standard InChI is InChI=1S/C36H31F4NO4/c37-35(38)36(39,40)45-28-12-6-8-23(20-28)21-32(41-34(44)31-15-7-11-24-9-2-1-3-14-30(24)31)33(43)26-18-16-25(17-19-26)29-13-5-4-10-27(29)22-42/h3-8,10-20,22,32-33,35,43H,1-2,9,21H2,(H,41,44). The zero-order valence-corrected chi connectivity index (χ0v) is 24.1. The van der Waals surface area contributed by atoms with E-state index < -0.39 is 36.3 Å². The first kappa shape index (κ1) is 31.7. The van der Waals surface area contributed by atoms with Gasteiger partial charge < -0.3 is 15.2 Å². The van der Waals surface area contributed by atoms with Gasteiger partial charge in [0.15, 0.2) is 6.29 Å². The number of fused-ring (bicyclic) bond motifs is 1. The van der Waals surface area contributed by atoms with Crippen LogP contribution in [0.2, 0.25) is 0 Å². The number of rotatable bonds is 11. The zero-order chi connectivity index (χ0) is 32.0. The predicted octanol–water partition coefficient (Wildman–Crippen LogP) is 7.83. The summed E-state index contributed by atoms with van der Waals surface area (Å²) in [6, 6.07) is 23.7. The molecule has 0 fully saturated rings. The van der Waals surface area contributed by atoms with Gasteiger partial charge in [0.05, 0.1) is 12.1 Å². The summed E-state index contributed by atoms with van der Waals surface area (Å²) < 4.78 is 57.0. The lowest BCUT2D eigenvalue weighted by Crippen LogP contribution is -2.41. The zero-order valence-electron chi connectivity index (χ0n) is 24.1. The summed E-state index contributed by atoms with van der Waals surface area (Å²) in [5, 5.41) is 14.5. The average molecular weight is 618 g/mol. The Kier molecular flexibility index (Phi) is 9.78. The Morgan fingerprint density at radius 2 is 1.73 bits per heavy atom. The van der Waals surface area contributed by atoms with Gasteiger partial charge in [-0.05, 0) is 77.3 Å². The maximum atomic E-state index is 13.7. The molecule has 232 valence electrons. The third-order valence-electron chi connectivity index (χ3n) is 7.75. The molecule has 4 aromatic carbocycles. The number of aliphatic hydroxyl groups excluding tert-OH is 1. The van der Waals surface area contributed by atoms with Crippen molar-refractivity contribution in [1.82, 2.24) is 5.32 Å². The Morgan fingerprint density at radius 1 is 0.978 bits per heavy atom. The first-order chi connectivity index (χ1) is 21.7. The van der Waals surface area contributed by atoms with Crippen molar-refractivity contribution in [2.75, 3.05) is 0 Å². The molecule has 0 aliphatic heterocycles. The predicted molar refractivity (Wildman–Crippen MR) is 164 cm³/mol. The van der Waals surface area contributed by atoms with Gasteiger partial charge in [-0.15, -0.1) is 0 Å². The van der Waals surface area contributed by atoms with E-state index in [0.29, 0.717) is 27.8 Å². The fourth-order valence-corrected chi connectivity index (χ4v) is 5.47. The molecule has 4 aromatic rings. The number of aryl methyl sites for hydroxylation is 1. The Hall–Kier alpha value is -4.76. The van der Waals surface area contributed by atoms with Gasteiger partial charge in [0, 0.05) is 11.1 Å². The molecule has 1 aliphatic rings. The van der Waals surface area contributed by atoms with Gasteiger partial charge in [0.1, 0.15) is 5.75 Å². The molecule has 45 heavy (non-hydrogen) atoms. The number of alkyl halides is 4. The summed E-state index contributed by atoms with van der Waals surface area (Å²) in [5.41, 5.74) is 5.05. The topological polar surface area (TPSA) is 75.6 Å². The van der Waals surface area contributed by atoms with Crippen LogP contribution in [0, 0.1) is 0 Å². The number of carbonyl (C=O) groups is 2. The SMILES string of the molecule is O=Cc1ccccc1-c1ccc(C(O)C(Cc2cccc(OC(F)(F)C(F)F)c2)NC(=O)c2cccc3c2C=CCCC3)cc1. The lowest BCUT2D eigenvalue weighted by molar-refractivity contribution is -0.253. The molecule has 0 heterocycles. The van der Waals surface area contributed by atoms with Crippen molar-refractivity contribution in [3.63, 3.8) is 0 Å². The molecule has 5 rings (SSSR count). The van der Waals surface area contributed by atoms with E-state index in [4.69, 9.17) is 0 Å². The Bertz CT molecular complexity index is 1690. The van der Waals surface area contributed by atoms with E-state index in [9.17, 15) is 32.3 Å². The minimum atomic E-state index is -4.69. The van der Waals surface area contributed by atoms with Crippen LogP contribution in [0.25, 0.3) is 17.2 Å². The highest BCUT2D eigenvalue weighted by Gasteiger charge is 2.44. The van der Waals surface area contributed by atoms with Gasteiger partial charge >= 0.3 is 12.5 Å². The van der Waals surface area contributed by atoms with E-state index in [-0.39, 0.29) is 6.42 Å². The van der Waals surface area contributed by atoms with Gasteiger partial charge in [-0.25, -0.2) is 0 Å². The maximum Gasteiger partial charge on any atom is 0.461 e. The van der Waals surface area contributed by atoms with Crippen molar-refractivity contribution in [1.29, 1.82) is 0 Å². The molecule has 1 aliphatic carbocycles. The second-order valence-corrected chi connectivity index (χ2v) is 10.8. The highest BCUT2D eigenvalue weighted by Crippen LogP contribution is 2.31. The van der Waals surface area contributed by atoms with Crippen molar-refractivity contribution in [2.45, 2.75) is 50.4 Å². The highest BCUT2D eigenvalue weighted by atomic mass is 19.3. The van der Waals surface area contributed by atoms with Crippen LogP contribution < -0.4 is 10.1 Å². The van der Waals surface area contributed by atoms with Crippen LogP contribution in [0.1, 0.15) is 61.9 Å². The molecule has 0 spiro atoms. The Balaban J connectivity index is 1.45. The van der Waals surface area contributed by atoms with Crippen molar-refractivity contribution >= 4 is 18.3 Å². The van der Waals surface area contributed by atoms with Crippen LogP contribution in [0.3, 0.4) is 0 Å². The van der Waals surface area contributed by atoms with E-state index in [1.165, 1.54) is 12.1 Å². The first-order valence-electron chi connectivity index (χ1n) is 14.5. The van der Waals surface area contributed by atoms with Crippen molar-refractivity contribution < 1.29 is 37.0 Å². The monoisotopic (exact) mass is 617 g/mol. The van der Waals surface area contributed by atoms with Crippen molar-refractivity contribution in [3.8, 4) is 16.9 Å².